The number of carbonyl (C=O) groups excluding carboxylic acids is 1. The lowest BCUT2D eigenvalue weighted by Crippen LogP contribution is -2.28. The van der Waals surface area contributed by atoms with Crippen molar-refractivity contribution in [2.75, 3.05) is 13.1 Å². The summed E-state index contributed by atoms with van der Waals surface area (Å²) in [5.41, 5.74) is 0.906. The van der Waals surface area contributed by atoms with Gasteiger partial charge in [0, 0.05) is 18.7 Å². The molecule has 0 aromatic carbocycles. The molecule has 0 radical (unpaired) electrons. The second-order valence-electron chi connectivity index (χ2n) is 5.83. The van der Waals surface area contributed by atoms with Crippen molar-refractivity contribution >= 4 is 5.78 Å². The molecule has 1 fully saturated rings. The molecule has 1 aromatic rings. The van der Waals surface area contributed by atoms with Gasteiger partial charge >= 0.3 is 0 Å². The Hall–Kier alpha value is -1.16. The van der Waals surface area contributed by atoms with Gasteiger partial charge in [-0.3, -0.25) is 9.48 Å². The number of aromatic nitrogens is 2. The van der Waals surface area contributed by atoms with Crippen molar-refractivity contribution in [3.8, 4) is 0 Å². The summed E-state index contributed by atoms with van der Waals surface area (Å²) in [6, 6.07) is 2.32. The Kier molecular flexibility index (Phi) is 5.14. The van der Waals surface area contributed by atoms with Gasteiger partial charge < -0.3 is 5.32 Å². The summed E-state index contributed by atoms with van der Waals surface area (Å²) in [6.07, 6.45) is 6.64. The van der Waals surface area contributed by atoms with E-state index in [0.717, 1.165) is 31.1 Å². The quantitative estimate of drug-likeness (QED) is 0.857. The Balaban J connectivity index is 1.73. The number of rotatable bonds is 6. The summed E-state index contributed by atoms with van der Waals surface area (Å²) in [5.74, 6) is 1.06. The first-order chi connectivity index (χ1) is 9.15. The highest BCUT2D eigenvalue weighted by molar-refractivity contribution is 5.80. The van der Waals surface area contributed by atoms with E-state index in [9.17, 15) is 4.79 Å². The molecule has 106 valence electrons. The maximum atomic E-state index is 12.0. The lowest BCUT2D eigenvalue weighted by Gasteiger charge is -2.21. The van der Waals surface area contributed by atoms with Gasteiger partial charge in [-0.1, -0.05) is 0 Å². The molecule has 4 nitrogen and oxygen atoms in total. The van der Waals surface area contributed by atoms with E-state index < -0.39 is 0 Å². The van der Waals surface area contributed by atoms with Crippen molar-refractivity contribution in [2.45, 2.75) is 52.0 Å². The third-order valence-electron chi connectivity index (χ3n) is 3.86. The van der Waals surface area contributed by atoms with Gasteiger partial charge in [0.25, 0.3) is 0 Å². The molecule has 0 aliphatic carbocycles. The molecule has 0 bridgehead atoms. The van der Waals surface area contributed by atoms with Crippen LogP contribution in [-0.2, 0) is 11.2 Å². The van der Waals surface area contributed by atoms with Crippen LogP contribution in [0.5, 0.6) is 0 Å². The zero-order valence-corrected chi connectivity index (χ0v) is 12.1. The summed E-state index contributed by atoms with van der Waals surface area (Å²) in [7, 11) is 0. The lowest BCUT2D eigenvalue weighted by atomic mass is 9.92. The van der Waals surface area contributed by atoms with Crippen molar-refractivity contribution in [1.29, 1.82) is 0 Å². The van der Waals surface area contributed by atoms with Crippen molar-refractivity contribution in [3.63, 3.8) is 0 Å². The highest BCUT2D eigenvalue weighted by Gasteiger charge is 2.15. The van der Waals surface area contributed by atoms with E-state index in [4.69, 9.17) is 0 Å². The number of nitrogens with zero attached hydrogens (tertiary/aromatic N) is 2. The first-order valence-electron chi connectivity index (χ1n) is 7.41. The molecule has 1 aliphatic rings. The molecule has 0 amide bonds. The van der Waals surface area contributed by atoms with Crippen LogP contribution in [0.4, 0.5) is 0 Å². The number of carbonyl (C=O) groups is 1. The summed E-state index contributed by atoms with van der Waals surface area (Å²) in [5, 5.41) is 7.79. The highest BCUT2D eigenvalue weighted by Crippen LogP contribution is 2.18. The largest absolute Gasteiger partial charge is 0.317 e. The van der Waals surface area contributed by atoms with E-state index in [0.29, 0.717) is 24.7 Å². The van der Waals surface area contributed by atoms with E-state index in [1.165, 1.54) is 12.8 Å². The first kappa shape index (κ1) is 14.3. The van der Waals surface area contributed by atoms with Crippen LogP contribution < -0.4 is 5.32 Å². The smallest absolute Gasteiger partial charge is 0.138 e. The fourth-order valence-electron chi connectivity index (χ4n) is 2.59. The number of hydrogen-bond donors (Lipinski definition) is 1. The third-order valence-corrected chi connectivity index (χ3v) is 3.86. The minimum absolute atomic E-state index is 0.326. The molecule has 1 saturated heterocycles. The topological polar surface area (TPSA) is 46.9 Å². The maximum absolute atomic E-state index is 12.0. The first-order valence-corrected chi connectivity index (χ1v) is 7.41. The monoisotopic (exact) mass is 263 g/mol. The predicted octanol–water partition coefficient (Wildman–Crippen LogP) is 2.36. The van der Waals surface area contributed by atoms with Crippen molar-refractivity contribution in [3.05, 3.63) is 18.0 Å². The van der Waals surface area contributed by atoms with Crippen LogP contribution in [0.25, 0.3) is 0 Å². The Labute approximate surface area is 115 Å². The van der Waals surface area contributed by atoms with Crippen LogP contribution in [0, 0.1) is 5.92 Å². The summed E-state index contributed by atoms with van der Waals surface area (Å²) >= 11 is 0. The Morgan fingerprint density at radius 3 is 2.84 bits per heavy atom. The average Bonchev–Trinajstić information content (AvgIpc) is 2.86. The number of hydrogen-bond acceptors (Lipinski definition) is 3. The van der Waals surface area contributed by atoms with Crippen molar-refractivity contribution in [1.82, 2.24) is 15.1 Å². The second-order valence-corrected chi connectivity index (χ2v) is 5.83. The molecule has 1 aliphatic heterocycles. The fraction of sp³-hybridized carbons (Fsp3) is 0.733. The van der Waals surface area contributed by atoms with Gasteiger partial charge in [-0.25, -0.2) is 0 Å². The Morgan fingerprint density at radius 1 is 1.47 bits per heavy atom. The van der Waals surface area contributed by atoms with Gasteiger partial charge in [-0.2, -0.15) is 5.10 Å². The van der Waals surface area contributed by atoms with Crippen LogP contribution in [0.3, 0.4) is 0 Å². The number of nitrogens with one attached hydrogen (secondary N) is 1. The predicted molar refractivity (Wildman–Crippen MR) is 76.2 cm³/mol. The minimum atomic E-state index is 0.326. The standard InChI is InChI=1S/C15H25N3O/c1-12(2)18-10-7-14(17-18)11-15(19)4-3-13-5-8-16-9-6-13/h7,10,12-13,16H,3-6,8-9,11H2,1-2H3. The van der Waals surface area contributed by atoms with Gasteiger partial charge in [-0.15, -0.1) is 0 Å². The van der Waals surface area contributed by atoms with Gasteiger partial charge in [-0.05, 0) is 58.2 Å². The summed E-state index contributed by atoms with van der Waals surface area (Å²) < 4.78 is 1.91. The van der Waals surface area contributed by atoms with E-state index in [1.54, 1.807) is 0 Å². The fourth-order valence-corrected chi connectivity index (χ4v) is 2.59. The molecular formula is C15H25N3O. The Morgan fingerprint density at radius 2 is 2.21 bits per heavy atom. The van der Waals surface area contributed by atoms with Crippen LogP contribution in [0.1, 0.15) is 51.3 Å². The van der Waals surface area contributed by atoms with Gasteiger partial charge in [0.15, 0.2) is 0 Å². The number of piperidine rings is 1. The Bertz CT molecular complexity index is 405. The molecule has 0 spiro atoms. The van der Waals surface area contributed by atoms with Gasteiger partial charge in [0.2, 0.25) is 0 Å². The van der Waals surface area contributed by atoms with E-state index in [1.807, 2.05) is 16.9 Å². The molecule has 0 atom stereocenters. The van der Waals surface area contributed by atoms with Crippen molar-refractivity contribution < 1.29 is 4.79 Å². The van der Waals surface area contributed by atoms with Crippen LogP contribution in [0.2, 0.25) is 0 Å². The summed E-state index contributed by atoms with van der Waals surface area (Å²) in [6.45, 7) is 6.40. The van der Waals surface area contributed by atoms with Gasteiger partial charge in [0.05, 0.1) is 12.1 Å². The second kappa shape index (κ2) is 6.85. The molecule has 1 N–H and O–H groups in total. The van der Waals surface area contributed by atoms with Crippen LogP contribution in [0.15, 0.2) is 12.3 Å². The molecule has 2 rings (SSSR count). The van der Waals surface area contributed by atoms with Crippen LogP contribution >= 0.6 is 0 Å². The zero-order valence-electron chi connectivity index (χ0n) is 12.1. The maximum Gasteiger partial charge on any atom is 0.138 e. The lowest BCUT2D eigenvalue weighted by molar-refractivity contribution is -0.118. The summed E-state index contributed by atoms with van der Waals surface area (Å²) in [4.78, 5) is 12.0. The van der Waals surface area contributed by atoms with E-state index >= 15 is 0 Å². The molecule has 0 unspecified atom stereocenters. The normalized spacial score (nSPS) is 17.0. The highest BCUT2D eigenvalue weighted by atomic mass is 16.1. The van der Waals surface area contributed by atoms with Crippen molar-refractivity contribution in [2.24, 2.45) is 5.92 Å². The van der Waals surface area contributed by atoms with Gasteiger partial charge in [0.1, 0.15) is 5.78 Å². The minimum Gasteiger partial charge on any atom is -0.317 e. The molecule has 19 heavy (non-hydrogen) atoms. The molecular weight excluding hydrogens is 238 g/mol. The molecule has 4 heteroatoms. The van der Waals surface area contributed by atoms with E-state index in [-0.39, 0.29) is 0 Å². The zero-order chi connectivity index (χ0) is 13.7. The third kappa shape index (κ3) is 4.46. The molecule has 1 aromatic heterocycles. The van der Waals surface area contributed by atoms with Crippen LogP contribution in [-0.4, -0.2) is 28.7 Å². The number of Topliss-reactive ketones (excluding diaryl/α,β-unsaturated/α-hetero) is 1. The number of ketones is 1. The average molecular weight is 263 g/mol. The SMILES string of the molecule is CC(C)n1ccc(CC(=O)CCC2CCNCC2)n1. The van der Waals surface area contributed by atoms with E-state index in [2.05, 4.69) is 24.3 Å². The molecule has 2 heterocycles. The molecule has 0 saturated carbocycles.